The fourth-order valence-electron chi connectivity index (χ4n) is 9.79. The number of nitrogens with one attached hydrogen (secondary N) is 3. The predicted octanol–water partition coefficient (Wildman–Crippen LogP) is 4.36. The van der Waals surface area contributed by atoms with Crippen LogP contribution in [0, 0.1) is 0 Å². The maximum Gasteiger partial charge on any atom is 0.277 e. The van der Waals surface area contributed by atoms with E-state index in [1.807, 2.05) is 34.7 Å². The molecule has 3 N–H and O–H groups in total. The van der Waals surface area contributed by atoms with Gasteiger partial charge < -0.3 is 29.7 Å². The molecule has 2 aliphatic rings. The van der Waals surface area contributed by atoms with E-state index < -0.39 is 20.0 Å². The summed E-state index contributed by atoms with van der Waals surface area (Å²) in [7, 11) is -4.03. The minimum atomic E-state index is -3.90. The number of benzene rings is 3. The normalized spacial score (nSPS) is 15.6. The minimum absolute atomic E-state index is 0.0913. The van der Waals surface area contributed by atoms with Gasteiger partial charge in [-0.2, -0.15) is 18.8 Å². The molecule has 2 fully saturated rings. The quantitative estimate of drug-likeness (QED) is 0.0848. The van der Waals surface area contributed by atoms with Gasteiger partial charge in [0.1, 0.15) is 34.2 Å². The zero-order valence-corrected chi connectivity index (χ0v) is 45.2. The first kappa shape index (κ1) is 53.5. The number of aromatic nitrogens is 8. The summed E-state index contributed by atoms with van der Waals surface area (Å²) in [5, 5.41) is 12.8. The van der Waals surface area contributed by atoms with Crippen LogP contribution in [-0.4, -0.2) is 154 Å². The molecule has 21 nitrogen and oxygen atoms in total. The maximum atomic E-state index is 14.1. The van der Waals surface area contributed by atoms with Crippen molar-refractivity contribution in [1.82, 2.24) is 63.2 Å². The molecule has 9 rings (SSSR count). The standard InChI is InChI=1S/C52H67N13O8S2/c1-7-11-41-45-47(61(6)58-41)51(66)56-49(54-45)39-32-38(18-20-43(39)72-9-3)75(70,71)64-29-25-62(26-30-64)34-36-15-13-35(14-16-36)33-53-21-22-65-48-46(42(59-65)12-8-2)55-50(57-52(48)67)40-31-37(17-19-44(40)73-10-4)74(68,69)63-27-23-60(5)24-28-63/h13-20,31-32,53H,7-12,21-30,33-34H2,1-6H3,(H,54,56,66)(H,55,57,67). The Morgan fingerprint density at radius 1 is 0.613 bits per heavy atom. The van der Waals surface area contributed by atoms with Crippen LogP contribution in [0.4, 0.5) is 0 Å². The monoisotopic (exact) mass is 1070 g/mol. The predicted molar refractivity (Wildman–Crippen MR) is 287 cm³/mol. The lowest BCUT2D eigenvalue weighted by Gasteiger charge is -2.34. The van der Waals surface area contributed by atoms with E-state index in [-0.39, 0.29) is 32.6 Å². The summed E-state index contributed by atoms with van der Waals surface area (Å²) in [5.74, 6) is 1.26. The molecule has 0 bridgehead atoms. The molecule has 75 heavy (non-hydrogen) atoms. The molecule has 0 amide bonds. The molecule has 2 aliphatic heterocycles. The number of rotatable bonds is 21. The maximum absolute atomic E-state index is 14.1. The SMILES string of the molecule is CCCc1nn(C)c2c(=O)[nH]c(-c3cc(S(=O)(=O)N4CCN(Cc5ccc(CNCCn6nc(CCC)c7nc(-c8cc(S(=O)(=O)N9CCN(C)CC9)ccc8OCC)[nH]c(=O)c76)cc5)CC4)ccc3OCC)nc12. The van der Waals surface area contributed by atoms with Crippen LogP contribution in [0.1, 0.15) is 63.1 Å². The van der Waals surface area contributed by atoms with Crippen molar-refractivity contribution in [1.29, 1.82) is 0 Å². The number of piperazine rings is 2. The first-order valence-electron chi connectivity index (χ1n) is 25.8. The second-order valence-corrected chi connectivity index (χ2v) is 22.9. The van der Waals surface area contributed by atoms with Gasteiger partial charge in [0.15, 0.2) is 11.0 Å². The Morgan fingerprint density at radius 3 is 1.64 bits per heavy atom. The van der Waals surface area contributed by atoms with E-state index in [1.165, 1.54) is 19.4 Å². The van der Waals surface area contributed by atoms with Gasteiger partial charge in [0.25, 0.3) is 11.1 Å². The van der Waals surface area contributed by atoms with Gasteiger partial charge in [-0.15, -0.1) is 0 Å². The lowest BCUT2D eigenvalue weighted by molar-refractivity contribution is 0.181. The topological polar surface area (TPSA) is 239 Å². The molecule has 6 heterocycles. The fourth-order valence-corrected chi connectivity index (χ4v) is 12.7. The highest BCUT2D eigenvalue weighted by Crippen LogP contribution is 2.34. The number of aryl methyl sites for hydroxylation is 3. The number of H-pyrrole nitrogens is 2. The number of hydrogen-bond acceptors (Lipinski definition) is 15. The Morgan fingerprint density at radius 2 is 1.11 bits per heavy atom. The summed E-state index contributed by atoms with van der Waals surface area (Å²) >= 11 is 0. The number of sulfonamides is 2. The van der Waals surface area contributed by atoms with E-state index in [1.54, 1.807) is 42.1 Å². The Labute approximate surface area is 437 Å². The molecular formula is C52H67N13O8S2. The Kier molecular flexibility index (Phi) is 16.3. The molecule has 0 radical (unpaired) electrons. The third-order valence-corrected chi connectivity index (χ3v) is 17.5. The third-order valence-electron chi connectivity index (χ3n) is 13.7. The summed E-state index contributed by atoms with van der Waals surface area (Å²) < 4.78 is 73.8. The number of nitrogens with zero attached hydrogens (tertiary/aromatic N) is 10. The zero-order valence-electron chi connectivity index (χ0n) is 43.6. The highest BCUT2D eigenvalue weighted by molar-refractivity contribution is 7.89. The summed E-state index contributed by atoms with van der Waals surface area (Å²) in [6.45, 7) is 14.4. The first-order valence-corrected chi connectivity index (χ1v) is 28.7. The average molecular weight is 1070 g/mol. The lowest BCUT2D eigenvalue weighted by Crippen LogP contribution is -2.48. The van der Waals surface area contributed by atoms with Crippen molar-refractivity contribution in [2.45, 2.75) is 82.8 Å². The van der Waals surface area contributed by atoms with Crippen LogP contribution in [0.3, 0.4) is 0 Å². The Balaban J connectivity index is 0.816. The average Bonchev–Trinajstić information content (AvgIpc) is 3.92. The molecule has 0 unspecified atom stereocenters. The number of fused-ring (bicyclic) bond motifs is 2. The van der Waals surface area contributed by atoms with Crippen LogP contribution in [0.25, 0.3) is 44.8 Å². The smallest absolute Gasteiger partial charge is 0.277 e. The highest BCUT2D eigenvalue weighted by Gasteiger charge is 2.32. The van der Waals surface area contributed by atoms with Gasteiger partial charge in [-0.25, -0.2) is 26.8 Å². The van der Waals surface area contributed by atoms with Crippen LogP contribution in [0.5, 0.6) is 11.5 Å². The lowest BCUT2D eigenvalue weighted by atomic mass is 10.1. The molecule has 2 saturated heterocycles. The fraction of sp³-hybridized carbons (Fsp3) is 0.462. The summed E-state index contributed by atoms with van der Waals surface area (Å²) in [6, 6.07) is 17.7. The van der Waals surface area contributed by atoms with Crippen LogP contribution >= 0.6 is 0 Å². The molecule has 7 aromatic rings. The molecule has 4 aromatic heterocycles. The number of likely N-dealkylation sites (N-methyl/N-ethyl adjacent to an activating group) is 1. The van der Waals surface area contributed by atoms with E-state index in [4.69, 9.17) is 24.5 Å². The van der Waals surface area contributed by atoms with Crippen molar-refractivity contribution < 1.29 is 26.3 Å². The molecule has 23 heteroatoms. The third kappa shape index (κ3) is 11.3. The van der Waals surface area contributed by atoms with Crippen molar-refractivity contribution in [2.24, 2.45) is 7.05 Å². The van der Waals surface area contributed by atoms with E-state index in [9.17, 15) is 26.4 Å². The van der Waals surface area contributed by atoms with E-state index >= 15 is 0 Å². The van der Waals surface area contributed by atoms with Crippen LogP contribution in [0.15, 0.2) is 80.0 Å². The molecular weight excluding hydrogens is 999 g/mol. The van der Waals surface area contributed by atoms with Crippen LogP contribution in [-0.2, 0) is 59.6 Å². The number of ether oxygens (including phenoxy) is 2. The summed E-state index contributed by atoms with van der Waals surface area (Å²) in [6.07, 6.45) is 2.85. The minimum Gasteiger partial charge on any atom is -0.493 e. The highest BCUT2D eigenvalue weighted by atomic mass is 32.2. The number of aromatic amines is 2. The van der Waals surface area contributed by atoms with Crippen molar-refractivity contribution in [3.05, 3.63) is 104 Å². The molecule has 0 spiro atoms. The van der Waals surface area contributed by atoms with Gasteiger partial charge in [-0.1, -0.05) is 51.0 Å². The van der Waals surface area contributed by atoms with Gasteiger partial charge in [-0.05, 0) is 81.3 Å². The van der Waals surface area contributed by atoms with Crippen molar-refractivity contribution >= 4 is 42.1 Å². The van der Waals surface area contributed by atoms with Gasteiger partial charge in [0.2, 0.25) is 20.0 Å². The second kappa shape index (κ2) is 22.9. The molecule has 0 aliphatic carbocycles. The second-order valence-electron chi connectivity index (χ2n) is 19.0. The van der Waals surface area contributed by atoms with Crippen LogP contribution < -0.4 is 25.9 Å². The molecule has 0 atom stereocenters. The zero-order chi connectivity index (χ0) is 53.0. The molecule has 3 aromatic carbocycles. The van der Waals surface area contributed by atoms with Gasteiger partial charge in [0, 0.05) is 79.0 Å². The number of hydrogen-bond donors (Lipinski definition) is 3. The van der Waals surface area contributed by atoms with E-state index in [0.29, 0.717) is 161 Å². The molecule has 0 saturated carbocycles. The van der Waals surface area contributed by atoms with Crippen LogP contribution in [0.2, 0.25) is 0 Å². The summed E-state index contributed by atoms with van der Waals surface area (Å²) in [4.78, 5) is 47.2. The van der Waals surface area contributed by atoms with Crippen molar-refractivity contribution in [2.75, 3.05) is 79.2 Å². The largest absolute Gasteiger partial charge is 0.493 e. The van der Waals surface area contributed by atoms with Gasteiger partial charge in [0.05, 0.1) is 52.1 Å². The Hall–Kier alpha value is -6.34. The van der Waals surface area contributed by atoms with Gasteiger partial charge in [-0.3, -0.25) is 23.9 Å². The first-order chi connectivity index (χ1) is 36.1. The van der Waals surface area contributed by atoms with E-state index in [0.717, 1.165) is 24.0 Å². The summed E-state index contributed by atoms with van der Waals surface area (Å²) in [5.41, 5.74) is 5.26. The van der Waals surface area contributed by atoms with Gasteiger partial charge >= 0.3 is 0 Å². The molecule has 400 valence electrons. The Bertz CT molecular complexity index is 3520. The van der Waals surface area contributed by atoms with Crippen molar-refractivity contribution in [3.63, 3.8) is 0 Å². The van der Waals surface area contributed by atoms with E-state index in [2.05, 4.69) is 54.4 Å². The van der Waals surface area contributed by atoms with Crippen molar-refractivity contribution in [3.8, 4) is 34.3 Å².